The molecule has 4 rings (SSSR count). The van der Waals surface area contributed by atoms with E-state index in [-0.39, 0.29) is 17.6 Å². The average molecular weight is 391 g/mol. The van der Waals surface area contributed by atoms with E-state index in [2.05, 4.69) is 4.98 Å². The zero-order valence-electron chi connectivity index (χ0n) is 15.6. The first kappa shape index (κ1) is 18.7. The van der Waals surface area contributed by atoms with Crippen LogP contribution in [0.1, 0.15) is 23.2 Å². The van der Waals surface area contributed by atoms with E-state index in [0.29, 0.717) is 12.3 Å². The van der Waals surface area contributed by atoms with Crippen molar-refractivity contribution in [3.63, 3.8) is 0 Å². The molecule has 2 aromatic carbocycles. The second kappa shape index (κ2) is 8.57. The SMILES string of the molecule is O=C(c1cccc2ccccc12)C1CCCN(C(=O)CSc2ccncc2)C1. The second-order valence-electron chi connectivity index (χ2n) is 7.04. The van der Waals surface area contributed by atoms with Gasteiger partial charge in [-0.3, -0.25) is 14.6 Å². The summed E-state index contributed by atoms with van der Waals surface area (Å²) in [5, 5.41) is 2.07. The molecule has 5 heteroatoms. The van der Waals surface area contributed by atoms with Crippen molar-refractivity contribution in [3.05, 3.63) is 72.6 Å². The monoisotopic (exact) mass is 390 g/mol. The number of carbonyl (C=O) groups is 2. The second-order valence-corrected chi connectivity index (χ2v) is 8.09. The Morgan fingerprint density at radius 3 is 2.68 bits per heavy atom. The summed E-state index contributed by atoms with van der Waals surface area (Å²) in [5.74, 6) is 0.502. The maximum absolute atomic E-state index is 13.2. The van der Waals surface area contributed by atoms with Crippen LogP contribution in [-0.4, -0.2) is 40.4 Å². The van der Waals surface area contributed by atoms with E-state index in [1.807, 2.05) is 59.5 Å². The summed E-state index contributed by atoms with van der Waals surface area (Å²) in [4.78, 5) is 32.8. The highest BCUT2D eigenvalue weighted by atomic mass is 32.2. The van der Waals surface area contributed by atoms with Crippen molar-refractivity contribution in [2.75, 3.05) is 18.8 Å². The minimum atomic E-state index is -0.130. The predicted molar refractivity (Wildman–Crippen MR) is 113 cm³/mol. The van der Waals surface area contributed by atoms with Gasteiger partial charge in [-0.2, -0.15) is 0 Å². The fourth-order valence-corrected chi connectivity index (χ4v) is 4.54. The standard InChI is InChI=1S/C23H22N2O2S/c26-22(16-28-19-10-12-24-13-11-19)25-14-4-7-18(15-25)23(27)21-9-3-6-17-5-1-2-8-20(17)21/h1-3,5-6,8-13,18H,4,7,14-16H2. The van der Waals surface area contributed by atoms with Gasteiger partial charge in [0.2, 0.25) is 5.91 Å². The molecule has 0 spiro atoms. The number of aromatic nitrogens is 1. The highest BCUT2D eigenvalue weighted by molar-refractivity contribution is 8.00. The fourth-order valence-electron chi connectivity index (χ4n) is 3.75. The van der Waals surface area contributed by atoms with Crippen LogP contribution in [0.15, 0.2) is 71.9 Å². The van der Waals surface area contributed by atoms with E-state index < -0.39 is 0 Å². The summed E-state index contributed by atoms with van der Waals surface area (Å²) in [6.45, 7) is 1.24. The summed E-state index contributed by atoms with van der Waals surface area (Å²) in [5.41, 5.74) is 0.767. The molecular weight excluding hydrogens is 368 g/mol. The van der Waals surface area contributed by atoms with Crippen LogP contribution < -0.4 is 0 Å². The summed E-state index contributed by atoms with van der Waals surface area (Å²) >= 11 is 1.51. The van der Waals surface area contributed by atoms with Gasteiger partial charge in [-0.15, -0.1) is 11.8 Å². The molecule has 142 valence electrons. The van der Waals surface area contributed by atoms with Crippen molar-refractivity contribution < 1.29 is 9.59 Å². The lowest BCUT2D eigenvalue weighted by Gasteiger charge is -2.32. The van der Waals surface area contributed by atoms with Crippen molar-refractivity contribution in [2.24, 2.45) is 5.92 Å². The van der Waals surface area contributed by atoms with Gasteiger partial charge < -0.3 is 4.90 Å². The van der Waals surface area contributed by atoms with Crippen molar-refractivity contribution in [1.82, 2.24) is 9.88 Å². The fraction of sp³-hybridized carbons (Fsp3) is 0.261. The molecule has 1 aliphatic rings. The number of rotatable bonds is 5. The Morgan fingerprint density at radius 2 is 1.82 bits per heavy atom. The lowest BCUT2D eigenvalue weighted by Crippen LogP contribution is -2.43. The Kier molecular flexibility index (Phi) is 5.72. The molecule has 0 N–H and O–H groups in total. The van der Waals surface area contributed by atoms with Crippen LogP contribution in [0.4, 0.5) is 0 Å². The summed E-state index contributed by atoms with van der Waals surface area (Å²) in [6.07, 6.45) is 5.16. The molecule has 0 saturated carbocycles. The molecule has 0 radical (unpaired) electrons. The Bertz CT molecular complexity index is 985. The van der Waals surface area contributed by atoms with Crippen molar-refractivity contribution in [3.8, 4) is 0 Å². The molecule has 2 heterocycles. The van der Waals surface area contributed by atoms with Crippen LogP contribution in [0, 0.1) is 5.92 Å². The molecule has 28 heavy (non-hydrogen) atoms. The van der Waals surface area contributed by atoms with E-state index in [1.165, 1.54) is 11.8 Å². The minimum Gasteiger partial charge on any atom is -0.341 e. The van der Waals surface area contributed by atoms with E-state index in [4.69, 9.17) is 0 Å². The van der Waals surface area contributed by atoms with Crippen LogP contribution in [-0.2, 0) is 4.79 Å². The molecule has 3 aromatic rings. The van der Waals surface area contributed by atoms with Crippen LogP contribution >= 0.6 is 11.8 Å². The Labute approximate surface area is 169 Å². The molecule has 4 nitrogen and oxygen atoms in total. The highest BCUT2D eigenvalue weighted by Gasteiger charge is 2.29. The van der Waals surface area contributed by atoms with Crippen molar-refractivity contribution >= 4 is 34.2 Å². The molecule has 0 aliphatic carbocycles. The summed E-state index contributed by atoms with van der Waals surface area (Å²) in [6, 6.07) is 17.7. The molecule has 1 amide bonds. The summed E-state index contributed by atoms with van der Waals surface area (Å²) in [7, 11) is 0. The molecule has 0 bridgehead atoms. The maximum Gasteiger partial charge on any atom is 0.232 e. The van der Waals surface area contributed by atoms with Crippen molar-refractivity contribution in [1.29, 1.82) is 0 Å². The number of hydrogen-bond donors (Lipinski definition) is 0. The molecule has 1 unspecified atom stereocenters. The first-order valence-electron chi connectivity index (χ1n) is 9.55. The first-order valence-corrected chi connectivity index (χ1v) is 10.5. The number of amides is 1. The molecule has 1 saturated heterocycles. The van der Waals surface area contributed by atoms with Gasteiger partial charge in [0.25, 0.3) is 0 Å². The zero-order chi connectivity index (χ0) is 19.3. The smallest absolute Gasteiger partial charge is 0.232 e. The molecule has 1 fully saturated rings. The quantitative estimate of drug-likeness (QED) is 0.477. The van der Waals surface area contributed by atoms with Crippen LogP contribution in [0.2, 0.25) is 0 Å². The van der Waals surface area contributed by atoms with Crippen LogP contribution in [0.25, 0.3) is 10.8 Å². The topological polar surface area (TPSA) is 50.3 Å². The number of ketones is 1. The van der Waals surface area contributed by atoms with Gasteiger partial charge in [0, 0.05) is 41.9 Å². The van der Waals surface area contributed by atoms with Crippen LogP contribution in [0.5, 0.6) is 0 Å². The number of benzene rings is 2. The minimum absolute atomic E-state index is 0.0947. The van der Waals surface area contributed by atoms with E-state index in [9.17, 15) is 9.59 Å². The average Bonchev–Trinajstić information content (AvgIpc) is 2.77. The molecular formula is C23H22N2O2S. The van der Waals surface area contributed by atoms with E-state index in [1.54, 1.807) is 12.4 Å². The third-order valence-corrected chi connectivity index (χ3v) is 6.21. The number of likely N-dealkylation sites (tertiary alicyclic amines) is 1. The lowest BCUT2D eigenvalue weighted by molar-refractivity contribution is -0.129. The largest absolute Gasteiger partial charge is 0.341 e. The van der Waals surface area contributed by atoms with Crippen LogP contribution in [0.3, 0.4) is 0 Å². The van der Waals surface area contributed by atoms with E-state index in [0.717, 1.165) is 40.6 Å². The Balaban J connectivity index is 1.44. The number of Topliss-reactive ketones (excluding diaryl/α,β-unsaturated/α-hetero) is 1. The van der Waals surface area contributed by atoms with Gasteiger partial charge in [0.15, 0.2) is 5.78 Å². The number of hydrogen-bond acceptors (Lipinski definition) is 4. The lowest BCUT2D eigenvalue weighted by atomic mass is 9.88. The third kappa shape index (κ3) is 4.09. The maximum atomic E-state index is 13.2. The number of piperidine rings is 1. The molecule has 1 aliphatic heterocycles. The molecule has 1 atom stereocenters. The van der Waals surface area contributed by atoms with Gasteiger partial charge in [-0.05, 0) is 35.7 Å². The normalized spacial score (nSPS) is 16.9. The van der Waals surface area contributed by atoms with Gasteiger partial charge >= 0.3 is 0 Å². The van der Waals surface area contributed by atoms with Gasteiger partial charge in [-0.25, -0.2) is 0 Å². The Morgan fingerprint density at radius 1 is 1.04 bits per heavy atom. The number of nitrogens with zero attached hydrogens (tertiary/aromatic N) is 2. The number of carbonyl (C=O) groups excluding carboxylic acids is 2. The third-order valence-electron chi connectivity index (χ3n) is 5.21. The highest BCUT2D eigenvalue weighted by Crippen LogP contribution is 2.26. The zero-order valence-corrected chi connectivity index (χ0v) is 16.4. The Hall–Kier alpha value is -2.66. The summed E-state index contributed by atoms with van der Waals surface area (Å²) < 4.78 is 0. The van der Waals surface area contributed by atoms with E-state index >= 15 is 0 Å². The predicted octanol–water partition coefficient (Wildman–Crippen LogP) is 4.45. The number of fused-ring (bicyclic) bond motifs is 1. The molecule has 1 aromatic heterocycles. The van der Waals surface area contributed by atoms with Gasteiger partial charge in [0.1, 0.15) is 0 Å². The van der Waals surface area contributed by atoms with Gasteiger partial charge in [-0.1, -0.05) is 42.5 Å². The first-order chi connectivity index (χ1) is 13.7. The number of pyridine rings is 1. The van der Waals surface area contributed by atoms with Crippen molar-refractivity contribution in [2.45, 2.75) is 17.7 Å². The number of thioether (sulfide) groups is 1. The van der Waals surface area contributed by atoms with Gasteiger partial charge in [0.05, 0.1) is 5.75 Å².